The molecule has 0 amide bonds. The summed E-state index contributed by atoms with van der Waals surface area (Å²) in [5.41, 5.74) is 2.52. The number of ether oxygens (including phenoxy) is 1. The van der Waals surface area contributed by atoms with Gasteiger partial charge in [-0.3, -0.25) is 4.90 Å². The molecule has 2 aromatic heterocycles. The molecule has 0 radical (unpaired) electrons. The lowest BCUT2D eigenvalue weighted by atomic mass is 9.96. The van der Waals surface area contributed by atoms with E-state index >= 15 is 0 Å². The van der Waals surface area contributed by atoms with E-state index in [0.29, 0.717) is 12.5 Å². The highest BCUT2D eigenvalue weighted by molar-refractivity contribution is 5.36. The molecule has 1 aliphatic heterocycles. The molecule has 0 bridgehead atoms. The average molecular weight is 380 g/mol. The molecule has 0 N–H and O–H groups in total. The highest BCUT2D eigenvalue weighted by Crippen LogP contribution is 2.27. The topological polar surface area (TPSA) is 61.0 Å². The van der Waals surface area contributed by atoms with Crippen LogP contribution in [0.3, 0.4) is 0 Å². The average Bonchev–Trinajstić information content (AvgIpc) is 3.33. The van der Waals surface area contributed by atoms with Crippen LogP contribution in [0.4, 0.5) is 0 Å². The maximum absolute atomic E-state index is 5.38. The van der Waals surface area contributed by atoms with Crippen molar-refractivity contribution in [2.45, 2.75) is 38.8 Å². The monoisotopic (exact) mass is 380 g/mol. The molecule has 1 saturated heterocycles. The van der Waals surface area contributed by atoms with Gasteiger partial charge in [0.25, 0.3) is 0 Å². The van der Waals surface area contributed by atoms with Gasteiger partial charge >= 0.3 is 0 Å². The zero-order valence-electron chi connectivity index (χ0n) is 16.9. The molecular formula is C21H28N6O. The van der Waals surface area contributed by atoms with Crippen molar-refractivity contribution in [2.24, 2.45) is 7.05 Å². The van der Waals surface area contributed by atoms with Gasteiger partial charge in [0.1, 0.15) is 11.6 Å². The fourth-order valence-electron chi connectivity index (χ4n) is 4.12. The zero-order chi connectivity index (χ0) is 19.5. The summed E-state index contributed by atoms with van der Waals surface area (Å²) in [6.07, 6.45) is 7.90. The first-order chi connectivity index (χ1) is 13.6. The van der Waals surface area contributed by atoms with E-state index in [1.807, 2.05) is 17.1 Å². The predicted octanol–water partition coefficient (Wildman–Crippen LogP) is 2.76. The van der Waals surface area contributed by atoms with Crippen molar-refractivity contribution in [2.75, 3.05) is 20.2 Å². The second-order valence-corrected chi connectivity index (χ2v) is 7.65. The Balaban J connectivity index is 1.44. The zero-order valence-corrected chi connectivity index (χ0v) is 16.9. The Morgan fingerprint density at radius 2 is 2.11 bits per heavy atom. The molecule has 3 aromatic rings. The minimum Gasteiger partial charge on any atom is -0.496 e. The van der Waals surface area contributed by atoms with Crippen LogP contribution in [0.5, 0.6) is 5.75 Å². The Kier molecular flexibility index (Phi) is 5.43. The van der Waals surface area contributed by atoms with Gasteiger partial charge in [-0.15, -0.1) is 10.2 Å². The van der Waals surface area contributed by atoms with Gasteiger partial charge in [0.15, 0.2) is 5.82 Å². The molecule has 4 rings (SSSR count). The summed E-state index contributed by atoms with van der Waals surface area (Å²) in [5, 5.41) is 8.97. The number of likely N-dealkylation sites (tertiary alicyclic amines) is 1. The molecular weight excluding hydrogens is 352 g/mol. The lowest BCUT2D eigenvalue weighted by Crippen LogP contribution is -2.34. The molecule has 7 nitrogen and oxygen atoms in total. The van der Waals surface area contributed by atoms with Crippen molar-refractivity contribution in [3.05, 3.63) is 59.7 Å². The molecule has 1 atom stereocenters. The molecule has 7 heteroatoms. The van der Waals surface area contributed by atoms with E-state index < -0.39 is 0 Å². The van der Waals surface area contributed by atoms with Crippen molar-refractivity contribution < 1.29 is 4.74 Å². The fourth-order valence-corrected chi connectivity index (χ4v) is 4.12. The summed E-state index contributed by atoms with van der Waals surface area (Å²) in [6, 6.07) is 6.46. The van der Waals surface area contributed by atoms with Crippen LogP contribution in [-0.4, -0.2) is 49.4 Å². The van der Waals surface area contributed by atoms with Gasteiger partial charge in [-0.1, -0.05) is 12.1 Å². The summed E-state index contributed by atoms with van der Waals surface area (Å²) < 4.78 is 9.56. The van der Waals surface area contributed by atoms with Crippen molar-refractivity contribution in [3.63, 3.8) is 0 Å². The van der Waals surface area contributed by atoms with Crippen molar-refractivity contribution in [1.82, 2.24) is 29.2 Å². The maximum Gasteiger partial charge on any atom is 0.152 e. The molecule has 0 aliphatic carbocycles. The number of rotatable bonds is 6. The molecule has 28 heavy (non-hydrogen) atoms. The van der Waals surface area contributed by atoms with E-state index in [1.54, 1.807) is 13.3 Å². The third-order valence-corrected chi connectivity index (χ3v) is 5.62. The quantitative estimate of drug-likeness (QED) is 0.658. The lowest BCUT2D eigenvalue weighted by molar-refractivity contribution is 0.195. The Hall–Kier alpha value is -2.67. The molecule has 148 valence electrons. The highest BCUT2D eigenvalue weighted by atomic mass is 16.5. The number of aryl methyl sites for hydroxylation is 1. The van der Waals surface area contributed by atoms with Crippen LogP contribution < -0.4 is 4.74 Å². The van der Waals surface area contributed by atoms with Crippen LogP contribution in [0.15, 0.2) is 36.9 Å². The van der Waals surface area contributed by atoms with E-state index in [-0.39, 0.29) is 0 Å². The lowest BCUT2D eigenvalue weighted by Gasteiger charge is -2.32. The van der Waals surface area contributed by atoms with E-state index in [1.165, 1.54) is 17.5 Å². The molecule has 3 heterocycles. The summed E-state index contributed by atoms with van der Waals surface area (Å²) in [4.78, 5) is 6.63. The Morgan fingerprint density at radius 3 is 2.86 bits per heavy atom. The minimum absolute atomic E-state index is 0.419. The fraction of sp³-hybridized carbons (Fsp3) is 0.476. The summed E-state index contributed by atoms with van der Waals surface area (Å²) >= 11 is 0. The van der Waals surface area contributed by atoms with Crippen molar-refractivity contribution in [1.29, 1.82) is 0 Å². The van der Waals surface area contributed by atoms with Gasteiger partial charge < -0.3 is 13.9 Å². The largest absolute Gasteiger partial charge is 0.496 e. The van der Waals surface area contributed by atoms with Crippen molar-refractivity contribution in [3.8, 4) is 5.75 Å². The van der Waals surface area contributed by atoms with Gasteiger partial charge in [-0.25, -0.2) is 4.98 Å². The van der Waals surface area contributed by atoms with Crippen molar-refractivity contribution >= 4 is 0 Å². The molecule has 0 unspecified atom stereocenters. The smallest absolute Gasteiger partial charge is 0.152 e. The molecule has 1 aliphatic rings. The number of nitrogens with zero attached hydrogens (tertiary/aromatic N) is 6. The Labute approximate surface area is 166 Å². The Morgan fingerprint density at radius 1 is 1.21 bits per heavy atom. The third-order valence-electron chi connectivity index (χ3n) is 5.62. The number of hydrogen-bond donors (Lipinski definition) is 0. The molecule has 1 fully saturated rings. The van der Waals surface area contributed by atoms with Crippen LogP contribution in [0.1, 0.15) is 41.5 Å². The SMILES string of the molecule is COc1ccc(CN2CCC[C@@H](c3nnc(Cn4ccnc4)n3C)C2)cc1C. The first kappa shape index (κ1) is 18.7. The second-order valence-electron chi connectivity index (χ2n) is 7.65. The first-order valence-corrected chi connectivity index (χ1v) is 9.84. The summed E-state index contributed by atoms with van der Waals surface area (Å²) in [7, 11) is 3.80. The van der Waals surface area contributed by atoms with Crippen LogP contribution in [-0.2, 0) is 20.1 Å². The molecule has 0 spiro atoms. The van der Waals surface area contributed by atoms with Crippen LogP contribution in [0.2, 0.25) is 0 Å². The van der Waals surface area contributed by atoms with Gasteiger partial charge in [-0.05, 0) is 43.5 Å². The summed E-state index contributed by atoms with van der Waals surface area (Å²) in [6.45, 7) is 5.90. The van der Waals surface area contributed by atoms with Gasteiger partial charge in [0.2, 0.25) is 0 Å². The molecule has 1 aromatic carbocycles. The maximum atomic E-state index is 5.38. The second kappa shape index (κ2) is 8.14. The number of piperidine rings is 1. The van der Waals surface area contributed by atoms with Crippen LogP contribution in [0, 0.1) is 6.92 Å². The number of methoxy groups -OCH3 is 1. The summed E-state index contributed by atoms with van der Waals surface area (Å²) in [5.74, 6) is 3.42. The van der Waals surface area contributed by atoms with E-state index in [2.05, 4.69) is 56.8 Å². The minimum atomic E-state index is 0.419. The standard InChI is InChI=1S/C21H28N6O/c1-16-11-17(6-7-19(16)28-3)12-26-9-4-5-18(13-26)21-24-23-20(25(21)2)14-27-10-8-22-15-27/h6-8,10-11,15,18H,4-5,9,12-14H2,1-3H3/t18-/m1/s1. The van der Waals surface area contributed by atoms with Gasteiger partial charge in [0, 0.05) is 38.4 Å². The number of hydrogen-bond acceptors (Lipinski definition) is 5. The molecule has 0 saturated carbocycles. The highest BCUT2D eigenvalue weighted by Gasteiger charge is 2.26. The third kappa shape index (κ3) is 3.94. The number of aromatic nitrogens is 5. The van der Waals surface area contributed by atoms with E-state index in [0.717, 1.165) is 43.5 Å². The van der Waals surface area contributed by atoms with E-state index in [9.17, 15) is 0 Å². The van der Waals surface area contributed by atoms with Crippen LogP contribution >= 0.6 is 0 Å². The van der Waals surface area contributed by atoms with Gasteiger partial charge in [-0.2, -0.15) is 0 Å². The predicted molar refractivity (Wildman–Crippen MR) is 107 cm³/mol. The number of benzene rings is 1. The van der Waals surface area contributed by atoms with Gasteiger partial charge in [0.05, 0.1) is 20.0 Å². The first-order valence-electron chi connectivity index (χ1n) is 9.84. The Bertz CT molecular complexity index is 917. The van der Waals surface area contributed by atoms with E-state index in [4.69, 9.17) is 4.74 Å². The van der Waals surface area contributed by atoms with Crippen LogP contribution in [0.25, 0.3) is 0 Å². The number of imidazole rings is 1. The normalized spacial score (nSPS) is 17.8.